The molecule has 0 bridgehead atoms. The van der Waals surface area contributed by atoms with Gasteiger partial charge in [-0.2, -0.15) is 0 Å². The van der Waals surface area contributed by atoms with Crippen LogP contribution in [0.25, 0.3) is 0 Å². The number of likely N-dealkylation sites (tertiary alicyclic amines) is 1. The van der Waals surface area contributed by atoms with Crippen LogP contribution in [0.1, 0.15) is 52.0 Å². The molecule has 44 heavy (non-hydrogen) atoms. The Morgan fingerprint density at radius 2 is 1.75 bits per heavy atom. The van der Waals surface area contributed by atoms with E-state index in [4.69, 9.17) is 0 Å². The molecule has 0 spiro atoms. The van der Waals surface area contributed by atoms with Crippen LogP contribution in [-0.4, -0.2) is 90.4 Å². The molecule has 2 heterocycles. The minimum Gasteiger partial charge on any atom is -0.504 e. The predicted molar refractivity (Wildman–Crippen MR) is 186 cm³/mol. The number of nitrogens with one attached hydrogen (secondary N) is 2. The highest BCUT2D eigenvalue weighted by molar-refractivity contribution is 5.42. The third kappa shape index (κ3) is 10.7. The molecule has 3 aliphatic rings. The molecule has 2 fully saturated rings. The largest absolute Gasteiger partial charge is 0.504 e. The van der Waals surface area contributed by atoms with E-state index in [9.17, 15) is 10.2 Å². The van der Waals surface area contributed by atoms with Crippen LogP contribution < -0.4 is 10.6 Å². The smallest absolute Gasteiger partial charge is 0.157 e. The van der Waals surface area contributed by atoms with Gasteiger partial charge in [0.15, 0.2) is 11.5 Å². The lowest BCUT2D eigenvalue weighted by Gasteiger charge is -2.44. The lowest BCUT2D eigenvalue weighted by atomic mass is 9.85. The number of piperidine rings is 1. The Balaban J connectivity index is 0.00000259. The molecule has 1 unspecified atom stereocenters. The molecule has 7 heteroatoms. The van der Waals surface area contributed by atoms with Gasteiger partial charge in [0, 0.05) is 81.8 Å². The van der Waals surface area contributed by atoms with E-state index >= 15 is 0 Å². The second kappa shape index (κ2) is 17.3. The summed E-state index contributed by atoms with van der Waals surface area (Å²) in [7, 11) is 1.89. The van der Waals surface area contributed by atoms with Crippen molar-refractivity contribution in [3.8, 4) is 11.5 Å². The third-order valence-electron chi connectivity index (χ3n) is 9.01. The highest BCUT2D eigenvalue weighted by Crippen LogP contribution is 2.31. The van der Waals surface area contributed by atoms with Crippen LogP contribution in [0.2, 0.25) is 0 Å². The highest BCUT2D eigenvalue weighted by Gasteiger charge is 2.30. The van der Waals surface area contributed by atoms with Crippen LogP contribution in [0.3, 0.4) is 0 Å². The van der Waals surface area contributed by atoms with Crippen LogP contribution in [0.4, 0.5) is 0 Å². The van der Waals surface area contributed by atoms with Gasteiger partial charge in [0.05, 0.1) is 0 Å². The van der Waals surface area contributed by atoms with Crippen LogP contribution in [0.15, 0.2) is 90.9 Å². The number of nitrogens with zero attached hydrogens (tertiary/aromatic N) is 3. The van der Waals surface area contributed by atoms with Crippen LogP contribution in [0, 0.1) is 5.41 Å². The van der Waals surface area contributed by atoms with Crippen molar-refractivity contribution < 1.29 is 10.2 Å². The van der Waals surface area contributed by atoms with Crippen molar-refractivity contribution in [3.63, 3.8) is 0 Å². The van der Waals surface area contributed by atoms with Crippen molar-refractivity contribution in [2.24, 2.45) is 5.41 Å². The van der Waals surface area contributed by atoms with E-state index < -0.39 is 0 Å². The molecule has 0 radical (unpaired) electrons. The van der Waals surface area contributed by atoms with E-state index in [-0.39, 0.29) is 16.9 Å². The molecule has 4 rings (SSSR count). The summed E-state index contributed by atoms with van der Waals surface area (Å²) in [5.41, 5.74) is 5.75. The topological polar surface area (TPSA) is 74.2 Å². The lowest BCUT2D eigenvalue weighted by Crippen LogP contribution is -2.53. The summed E-state index contributed by atoms with van der Waals surface area (Å²) in [6.07, 6.45) is 16.3. The number of phenolic OH excluding ortho intramolecular Hbond substituents is 2. The number of piperazine rings is 1. The SMILES string of the molecule is C=C.C=C(NCc1ccc(O)c(O)c1)C(/C=C(/C)CN1CCN(C2CCN(CC3(C)C=CCC(C)=CC3)CC2)CC1)=C/NC. The number of hydrogen-bond acceptors (Lipinski definition) is 7. The van der Waals surface area contributed by atoms with E-state index in [0.717, 1.165) is 68.4 Å². The first-order valence-electron chi connectivity index (χ1n) is 16.1. The normalized spacial score (nSPS) is 22.9. The standard InChI is InChI=1S/C35H53N5O2.C2H4/c1-27-7-6-13-35(4,14-10-27)26-39-15-11-32(12-16-39)40-19-17-38(18-20-40)25-28(2)21-31(24-36-5)29(3)37-23-30-8-9-33(41)34(42)22-30;1-2/h6,8-10,13,21-22,24,32,36-37,41-42H,3,7,11-12,14-20,23,25-26H2,1-2,4-5H3;1-2H2/b28-21-,31-24+;. The first-order chi connectivity index (χ1) is 21.1. The van der Waals surface area contributed by atoms with Crippen LogP contribution in [0.5, 0.6) is 11.5 Å². The molecule has 0 amide bonds. The fraction of sp³-hybridized carbons (Fsp3) is 0.514. The van der Waals surface area contributed by atoms with E-state index in [1.807, 2.05) is 13.2 Å². The summed E-state index contributed by atoms with van der Waals surface area (Å²) < 4.78 is 0. The summed E-state index contributed by atoms with van der Waals surface area (Å²) in [5, 5.41) is 25.8. The minimum atomic E-state index is -0.114. The van der Waals surface area contributed by atoms with Crippen molar-refractivity contribution in [2.45, 2.75) is 59.0 Å². The fourth-order valence-electron chi connectivity index (χ4n) is 6.47. The quantitative estimate of drug-likeness (QED) is 0.142. The van der Waals surface area contributed by atoms with Crippen LogP contribution in [-0.2, 0) is 6.54 Å². The fourth-order valence-corrected chi connectivity index (χ4v) is 6.47. The van der Waals surface area contributed by atoms with Gasteiger partial charge in [-0.25, -0.2) is 0 Å². The second-order valence-electron chi connectivity index (χ2n) is 12.9. The number of allylic oxidation sites excluding steroid dienone is 4. The predicted octanol–water partition coefficient (Wildman–Crippen LogP) is 5.94. The first kappa shape index (κ1) is 35.2. The summed E-state index contributed by atoms with van der Waals surface area (Å²) in [6, 6.07) is 5.57. The van der Waals surface area contributed by atoms with E-state index in [2.05, 4.69) is 90.1 Å². The van der Waals surface area contributed by atoms with Crippen molar-refractivity contribution in [2.75, 3.05) is 59.4 Å². The van der Waals surface area contributed by atoms with E-state index in [1.54, 1.807) is 12.1 Å². The van der Waals surface area contributed by atoms with Gasteiger partial charge in [-0.15, -0.1) is 13.2 Å². The highest BCUT2D eigenvalue weighted by atomic mass is 16.3. The van der Waals surface area contributed by atoms with Gasteiger partial charge >= 0.3 is 0 Å². The molecule has 0 aromatic heterocycles. The van der Waals surface area contributed by atoms with E-state index in [1.165, 1.54) is 49.7 Å². The Morgan fingerprint density at radius 1 is 1.05 bits per heavy atom. The molecule has 1 aromatic carbocycles. The van der Waals surface area contributed by atoms with Gasteiger partial charge in [0.1, 0.15) is 0 Å². The van der Waals surface area contributed by atoms with Gasteiger partial charge in [0.2, 0.25) is 0 Å². The maximum Gasteiger partial charge on any atom is 0.157 e. The molecule has 2 saturated heterocycles. The Morgan fingerprint density at radius 3 is 2.41 bits per heavy atom. The monoisotopic (exact) mass is 603 g/mol. The Bertz CT molecular complexity index is 1200. The molecule has 1 aliphatic carbocycles. The Kier molecular flexibility index (Phi) is 13.8. The molecule has 2 aliphatic heterocycles. The van der Waals surface area contributed by atoms with E-state index in [0.29, 0.717) is 6.54 Å². The molecule has 4 N–H and O–H groups in total. The van der Waals surface area contributed by atoms with Crippen molar-refractivity contribution in [1.29, 1.82) is 0 Å². The zero-order chi connectivity index (χ0) is 32.1. The Hall–Kier alpha value is -3.26. The number of aromatic hydroxyl groups is 2. The van der Waals surface area contributed by atoms with Crippen molar-refractivity contribution >= 4 is 0 Å². The molecular weight excluding hydrogens is 546 g/mol. The summed E-state index contributed by atoms with van der Waals surface area (Å²) in [5.74, 6) is -0.226. The number of phenols is 2. The molecule has 7 nitrogen and oxygen atoms in total. The second-order valence-corrected chi connectivity index (χ2v) is 12.9. The molecule has 0 saturated carbocycles. The zero-order valence-corrected chi connectivity index (χ0v) is 27.7. The zero-order valence-electron chi connectivity index (χ0n) is 27.7. The molecule has 1 atom stereocenters. The molecule has 242 valence electrons. The summed E-state index contributed by atoms with van der Waals surface area (Å²) in [6.45, 7) is 26.7. The summed E-state index contributed by atoms with van der Waals surface area (Å²) >= 11 is 0. The third-order valence-corrected chi connectivity index (χ3v) is 9.01. The molecule has 1 aromatic rings. The van der Waals surface area contributed by atoms with Gasteiger partial charge in [-0.1, -0.05) is 55.0 Å². The molecular formula is C37H57N5O2. The maximum atomic E-state index is 9.77. The number of hydrogen-bond donors (Lipinski definition) is 4. The van der Waals surface area contributed by atoms with Gasteiger partial charge in [-0.05, 0) is 70.3 Å². The van der Waals surface area contributed by atoms with Crippen molar-refractivity contribution in [3.05, 3.63) is 96.4 Å². The number of benzene rings is 1. The van der Waals surface area contributed by atoms with Gasteiger partial charge in [-0.3, -0.25) is 9.80 Å². The van der Waals surface area contributed by atoms with Gasteiger partial charge < -0.3 is 25.7 Å². The van der Waals surface area contributed by atoms with Crippen LogP contribution >= 0.6 is 0 Å². The Labute approximate surface area is 267 Å². The van der Waals surface area contributed by atoms with Crippen molar-refractivity contribution in [1.82, 2.24) is 25.3 Å². The maximum absolute atomic E-state index is 9.77. The average Bonchev–Trinajstić information content (AvgIpc) is 3.19. The average molecular weight is 604 g/mol. The number of rotatable bonds is 11. The summed E-state index contributed by atoms with van der Waals surface area (Å²) in [4.78, 5) is 8.01. The lowest BCUT2D eigenvalue weighted by molar-refractivity contribution is 0.0548. The first-order valence-corrected chi connectivity index (χ1v) is 16.1. The minimum absolute atomic E-state index is 0.112. The van der Waals surface area contributed by atoms with Gasteiger partial charge in [0.25, 0.3) is 0 Å².